The number of benzene rings is 3. The molecule has 0 radical (unpaired) electrons. The normalized spacial score (nSPS) is 12.1. The summed E-state index contributed by atoms with van der Waals surface area (Å²) in [7, 11) is -4.12. The highest BCUT2D eigenvalue weighted by molar-refractivity contribution is 7.92. The predicted octanol–water partition coefficient (Wildman–Crippen LogP) is 5.75. The molecule has 1 N–H and O–H groups in total. The number of nitrogens with one attached hydrogen (secondary N) is 1. The molecule has 0 saturated heterocycles. The fourth-order valence-corrected chi connectivity index (χ4v) is 5.92. The maximum absolute atomic E-state index is 14.0. The van der Waals surface area contributed by atoms with Crippen molar-refractivity contribution in [2.75, 3.05) is 17.4 Å². The quantitative estimate of drug-likeness (QED) is 0.308. The van der Waals surface area contributed by atoms with Crippen LogP contribution in [0.25, 0.3) is 0 Å². The number of amides is 2. The molecule has 3 aromatic rings. The molecule has 1 unspecified atom stereocenters. The molecular weight excluding hydrogens is 557 g/mol. The predicted molar refractivity (Wildman–Crippen MR) is 157 cm³/mol. The minimum Gasteiger partial charge on any atom is -0.355 e. The van der Waals surface area contributed by atoms with Crippen LogP contribution in [-0.2, 0) is 26.2 Å². The lowest BCUT2D eigenvalue weighted by atomic mass is 10.1. The van der Waals surface area contributed by atoms with Gasteiger partial charge < -0.3 is 10.2 Å². The van der Waals surface area contributed by atoms with E-state index in [1.807, 2.05) is 19.9 Å². The van der Waals surface area contributed by atoms with Gasteiger partial charge in [0.05, 0.1) is 20.6 Å². The van der Waals surface area contributed by atoms with Crippen molar-refractivity contribution in [2.24, 2.45) is 0 Å². The molecule has 1 atom stereocenters. The summed E-state index contributed by atoms with van der Waals surface area (Å²) < 4.78 is 28.8. The number of hydrogen-bond acceptors (Lipinski definition) is 4. The van der Waals surface area contributed by atoms with Crippen molar-refractivity contribution in [2.45, 2.75) is 51.6 Å². The Hall–Kier alpha value is -3.07. The summed E-state index contributed by atoms with van der Waals surface area (Å²) >= 11 is 12.3. The van der Waals surface area contributed by atoms with Gasteiger partial charge in [0, 0.05) is 13.1 Å². The summed E-state index contributed by atoms with van der Waals surface area (Å²) in [5.74, 6) is -0.853. The molecule has 0 aliphatic heterocycles. The van der Waals surface area contributed by atoms with Crippen LogP contribution in [0.4, 0.5) is 5.69 Å². The van der Waals surface area contributed by atoms with Gasteiger partial charge >= 0.3 is 0 Å². The van der Waals surface area contributed by atoms with Crippen LogP contribution in [0.3, 0.4) is 0 Å². The molecule has 39 heavy (non-hydrogen) atoms. The monoisotopic (exact) mass is 589 g/mol. The molecule has 0 aliphatic rings. The van der Waals surface area contributed by atoms with Crippen molar-refractivity contribution in [3.63, 3.8) is 0 Å². The second kappa shape index (κ2) is 13.3. The van der Waals surface area contributed by atoms with Gasteiger partial charge in [0.25, 0.3) is 10.0 Å². The Morgan fingerprint density at radius 3 is 2.18 bits per heavy atom. The van der Waals surface area contributed by atoms with Crippen LogP contribution in [0.1, 0.15) is 37.0 Å². The van der Waals surface area contributed by atoms with E-state index in [4.69, 9.17) is 23.2 Å². The highest BCUT2D eigenvalue weighted by Crippen LogP contribution is 2.27. The van der Waals surface area contributed by atoms with Crippen molar-refractivity contribution < 1.29 is 18.0 Å². The van der Waals surface area contributed by atoms with E-state index in [1.54, 1.807) is 62.4 Å². The SMILES string of the molecule is CCNC(=O)C(CC)N(Cc1ccc(Cl)c(Cl)c1)C(=O)CN(c1cccc(C)c1)S(=O)(=O)c1ccc(C)cc1. The van der Waals surface area contributed by atoms with Gasteiger partial charge in [0.15, 0.2) is 0 Å². The highest BCUT2D eigenvalue weighted by Gasteiger charge is 2.33. The molecular formula is C29H33Cl2N3O4S. The number of hydrogen-bond donors (Lipinski definition) is 1. The zero-order valence-corrected chi connectivity index (χ0v) is 24.8. The van der Waals surface area contributed by atoms with Crippen LogP contribution in [-0.4, -0.2) is 44.3 Å². The Bertz CT molecular complexity index is 1430. The third kappa shape index (κ3) is 7.53. The standard InChI is InChI=1S/C29H33Cl2N3O4S/c1-5-27(29(36)32-6-2)33(18-22-12-15-25(30)26(31)17-22)28(35)19-34(23-9-7-8-21(4)16-23)39(37,38)24-13-10-20(3)11-14-24/h7-17,27H,5-6,18-19H2,1-4H3,(H,32,36). The minimum absolute atomic E-state index is 0.0393. The smallest absolute Gasteiger partial charge is 0.264 e. The van der Waals surface area contributed by atoms with E-state index >= 15 is 0 Å². The van der Waals surface area contributed by atoms with E-state index in [2.05, 4.69) is 5.32 Å². The van der Waals surface area contributed by atoms with E-state index in [-0.39, 0.29) is 17.3 Å². The second-order valence-corrected chi connectivity index (χ2v) is 11.9. The van der Waals surface area contributed by atoms with Crippen molar-refractivity contribution in [3.05, 3.63) is 93.5 Å². The first kappa shape index (κ1) is 30.5. The average Bonchev–Trinajstić information content (AvgIpc) is 2.89. The van der Waals surface area contributed by atoms with Crippen LogP contribution < -0.4 is 9.62 Å². The van der Waals surface area contributed by atoms with E-state index in [0.717, 1.165) is 15.4 Å². The molecule has 10 heteroatoms. The summed E-state index contributed by atoms with van der Waals surface area (Å²) in [5, 5.41) is 3.46. The van der Waals surface area contributed by atoms with Crippen LogP contribution >= 0.6 is 23.2 Å². The van der Waals surface area contributed by atoms with Crippen molar-refractivity contribution in [3.8, 4) is 0 Å². The fourth-order valence-electron chi connectivity index (χ4n) is 4.20. The Labute approximate surface area is 240 Å². The van der Waals surface area contributed by atoms with Gasteiger partial charge in [0.1, 0.15) is 12.6 Å². The van der Waals surface area contributed by atoms with Gasteiger partial charge in [-0.15, -0.1) is 0 Å². The maximum atomic E-state index is 14.0. The van der Waals surface area contributed by atoms with Crippen molar-refractivity contribution in [1.82, 2.24) is 10.2 Å². The zero-order valence-electron chi connectivity index (χ0n) is 22.4. The van der Waals surface area contributed by atoms with E-state index in [0.29, 0.717) is 34.3 Å². The number of sulfonamides is 1. The van der Waals surface area contributed by atoms with E-state index < -0.39 is 28.5 Å². The van der Waals surface area contributed by atoms with Gasteiger partial charge in [-0.1, -0.05) is 66.0 Å². The lowest BCUT2D eigenvalue weighted by Crippen LogP contribution is -2.52. The first-order chi connectivity index (χ1) is 18.5. The number of carbonyl (C=O) groups excluding carboxylic acids is 2. The molecule has 3 rings (SSSR count). The van der Waals surface area contributed by atoms with Gasteiger partial charge in [-0.05, 0) is 74.7 Å². The van der Waals surface area contributed by atoms with Crippen molar-refractivity contribution in [1.29, 1.82) is 0 Å². The molecule has 7 nitrogen and oxygen atoms in total. The molecule has 0 heterocycles. The molecule has 2 amide bonds. The lowest BCUT2D eigenvalue weighted by molar-refractivity contribution is -0.140. The number of anilines is 1. The van der Waals surface area contributed by atoms with Crippen LogP contribution in [0, 0.1) is 13.8 Å². The Balaban J connectivity index is 2.07. The minimum atomic E-state index is -4.12. The molecule has 0 aliphatic carbocycles. The van der Waals surface area contributed by atoms with Gasteiger partial charge in [-0.25, -0.2) is 8.42 Å². The summed E-state index contributed by atoms with van der Waals surface area (Å²) in [6.45, 7) is 7.24. The summed E-state index contributed by atoms with van der Waals surface area (Å²) in [6, 6.07) is 17.6. The first-order valence-electron chi connectivity index (χ1n) is 12.6. The number of rotatable bonds is 11. The second-order valence-electron chi connectivity index (χ2n) is 9.25. The number of nitrogens with zero attached hydrogens (tertiary/aromatic N) is 2. The van der Waals surface area contributed by atoms with Gasteiger partial charge in [-0.2, -0.15) is 0 Å². The highest BCUT2D eigenvalue weighted by atomic mass is 35.5. The number of halogens is 2. The zero-order chi connectivity index (χ0) is 28.7. The topological polar surface area (TPSA) is 86.8 Å². The molecule has 0 spiro atoms. The van der Waals surface area contributed by atoms with Crippen LogP contribution in [0.2, 0.25) is 10.0 Å². The van der Waals surface area contributed by atoms with Crippen molar-refractivity contribution >= 4 is 50.7 Å². The fraction of sp³-hybridized carbons (Fsp3) is 0.310. The lowest BCUT2D eigenvalue weighted by Gasteiger charge is -2.33. The van der Waals surface area contributed by atoms with Crippen LogP contribution in [0.5, 0.6) is 0 Å². The number of aryl methyl sites for hydroxylation is 2. The molecule has 0 saturated carbocycles. The molecule has 0 aromatic heterocycles. The molecule has 3 aromatic carbocycles. The van der Waals surface area contributed by atoms with Crippen LogP contribution in [0.15, 0.2) is 71.6 Å². The maximum Gasteiger partial charge on any atom is 0.264 e. The third-order valence-corrected chi connectivity index (χ3v) is 8.78. The largest absolute Gasteiger partial charge is 0.355 e. The molecule has 0 bridgehead atoms. The summed E-state index contributed by atoms with van der Waals surface area (Å²) in [6.07, 6.45) is 0.327. The summed E-state index contributed by atoms with van der Waals surface area (Å²) in [4.78, 5) is 28.5. The summed E-state index contributed by atoms with van der Waals surface area (Å²) in [5.41, 5.74) is 2.76. The van der Waals surface area contributed by atoms with E-state index in [9.17, 15) is 18.0 Å². The molecule has 0 fully saturated rings. The van der Waals surface area contributed by atoms with Gasteiger partial charge in [0.2, 0.25) is 11.8 Å². The average molecular weight is 591 g/mol. The third-order valence-electron chi connectivity index (χ3n) is 6.25. The Morgan fingerprint density at radius 2 is 1.59 bits per heavy atom. The van der Waals surface area contributed by atoms with Gasteiger partial charge in [-0.3, -0.25) is 13.9 Å². The first-order valence-corrected chi connectivity index (χ1v) is 14.8. The molecule has 208 valence electrons. The van der Waals surface area contributed by atoms with E-state index in [1.165, 1.54) is 17.0 Å². The number of carbonyl (C=O) groups is 2. The Kier molecular flexibility index (Phi) is 10.4. The Morgan fingerprint density at radius 1 is 0.897 bits per heavy atom. The number of likely N-dealkylation sites (N-methyl/N-ethyl adjacent to an activating group) is 1.